The van der Waals surface area contributed by atoms with Gasteiger partial charge in [0.25, 0.3) is 0 Å². The van der Waals surface area contributed by atoms with Gasteiger partial charge in [-0.25, -0.2) is 9.78 Å². The maximum Gasteiger partial charge on any atom is 0.321 e. The Morgan fingerprint density at radius 3 is 2.73 bits per heavy atom. The van der Waals surface area contributed by atoms with Crippen LogP contribution in [0.2, 0.25) is 0 Å². The second-order valence-corrected chi connectivity index (χ2v) is 6.59. The average Bonchev–Trinajstić information content (AvgIpc) is 3.15. The third-order valence-corrected chi connectivity index (χ3v) is 4.61. The Labute approximate surface area is 154 Å². The normalized spacial score (nSPS) is 15.3. The molecule has 132 valence electrons. The summed E-state index contributed by atoms with van der Waals surface area (Å²) in [5.41, 5.74) is 1.86. The number of fused-ring (bicyclic) bond motifs is 1. The van der Waals surface area contributed by atoms with Gasteiger partial charge in [-0.3, -0.25) is 5.32 Å². The highest BCUT2D eigenvalue weighted by Crippen LogP contribution is 2.30. The van der Waals surface area contributed by atoms with Crippen molar-refractivity contribution in [1.82, 2.24) is 10.3 Å². The molecular weight excluding hydrogens is 350 g/mol. The highest BCUT2D eigenvalue weighted by Gasteiger charge is 2.21. The first-order valence-electron chi connectivity index (χ1n) is 8.22. The van der Waals surface area contributed by atoms with Crippen LogP contribution in [-0.2, 0) is 0 Å². The number of thiazole rings is 1. The maximum atomic E-state index is 12.1. The summed E-state index contributed by atoms with van der Waals surface area (Å²) >= 11 is 1.39. The topological polar surface area (TPSA) is 72.5 Å². The van der Waals surface area contributed by atoms with Gasteiger partial charge in [0.1, 0.15) is 6.61 Å². The minimum Gasteiger partial charge on any atom is -0.486 e. The monoisotopic (exact) mass is 367 g/mol. The molecule has 0 saturated heterocycles. The lowest BCUT2D eigenvalue weighted by Gasteiger charge is -2.26. The molecule has 0 aliphatic carbocycles. The number of hydrogen-bond acceptors (Lipinski definition) is 5. The SMILES string of the molecule is O=C(NCC1COc2ccccc2O1)Nc1nc(-c2ccccc2)cs1. The Morgan fingerprint density at radius 1 is 1.12 bits per heavy atom. The number of hydrogen-bond donors (Lipinski definition) is 2. The Balaban J connectivity index is 1.29. The molecule has 3 aromatic rings. The zero-order valence-electron chi connectivity index (χ0n) is 13.8. The second kappa shape index (κ2) is 7.45. The second-order valence-electron chi connectivity index (χ2n) is 5.74. The summed E-state index contributed by atoms with van der Waals surface area (Å²) in [5, 5.41) is 8.01. The van der Waals surface area contributed by atoms with E-state index in [1.165, 1.54) is 11.3 Å². The van der Waals surface area contributed by atoms with Gasteiger partial charge in [0.2, 0.25) is 0 Å². The fourth-order valence-corrected chi connectivity index (χ4v) is 3.30. The van der Waals surface area contributed by atoms with Gasteiger partial charge < -0.3 is 14.8 Å². The number of nitrogens with one attached hydrogen (secondary N) is 2. The van der Waals surface area contributed by atoms with Crippen LogP contribution >= 0.6 is 11.3 Å². The minimum atomic E-state index is -0.318. The Bertz CT molecular complexity index is 898. The number of carbonyl (C=O) groups excluding carboxylic acids is 1. The molecule has 2 amide bonds. The van der Waals surface area contributed by atoms with Crippen molar-refractivity contribution in [3.8, 4) is 22.8 Å². The molecule has 2 N–H and O–H groups in total. The summed E-state index contributed by atoms with van der Waals surface area (Å²) in [5.74, 6) is 1.42. The van der Waals surface area contributed by atoms with Gasteiger partial charge >= 0.3 is 6.03 Å². The van der Waals surface area contributed by atoms with Crippen molar-refractivity contribution in [2.45, 2.75) is 6.10 Å². The molecule has 2 aromatic carbocycles. The van der Waals surface area contributed by atoms with E-state index >= 15 is 0 Å². The molecule has 6 nitrogen and oxygen atoms in total. The van der Waals surface area contributed by atoms with E-state index in [2.05, 4.69) is 15.6 Å². The largest absolute Gasteiger partial charge is 0.486 e. The van der Waals surface area contributed by atoms with Crippen LogP contribution in [0.4, 0.5) is 9.93 Å². The van der Waals surface area contributed by atoms with Crippen molar-refractivity contribution in [2.24, 2.45) is 0 Å². The van der Waals surface area contributed by atoms with E-state index < -0.39 is 0 Å². The lowest BCUT2D eigenvalue weighted by molar-refractivity contribution is 0.0922. The van der Waals surface area contributed by atoms with Crippen LogP contribution in [0, 0.1) is 0 Å². The zero-order valence-corrected chi connectivity index (χ0v) is 14.7. The molecule has 0 spiro atoms. The Kier molecular flexibility index (Phi) is 4.70. The van der Waals surface area contributed by atoms with Crippen molar-refractivity contribution in [1.29, 1.82) is 0 Å². The molecule has 1 atom stereocenters. The van der Waals surface area contributed by atoms with Gasteiger partial charge in [0.05, 0.1) is 12.2 Å². The lowest BCUT2D eigenvalue weighted by Crippen LogP contribution is -2.42. The van der Waals surface area contributed by atoms with Crippen LogP contribution in [0.25, 0.3) is 11.3 Å². The number of para-hydroxylation sites is 2. The standard InChI is InChI=1S/C19H17N3O3S/c23-18(20-10-14-11-24-16-8-4-5-9-17(16)25-14)22-19-21-15(12-26-19)13-6-2-1-3-7-13/h1-9,12,14H,10-11H2,(H2,20,21,22,23). The lowest BCUT2D eigenvalue weighted by atomic mass is 10.2. The zero-order chi connectivity index (χ0) is 17.8. The van der Waals surface area contributed by atoms with E-state index in [1.54, 1.807) is 0 Å². The summed E-state index contributed by atoms with van der Waals surface area (Å²) in [6, 6.07) is 17.0. The molecule has 0 fully saturated rings. The van der Waals surface area contributed by atoms with E-state index in [-0.39, 0.29) is 12.1 Å². The number of ether oxygens (including phenoxy) is 2. The van der Waals surface area contributed by atoms with E-state index in [0.29, 0.717) is 24.0 Å². The van der Waals surface area contributed by atoms with Crippen molar-refractivity contribution < 1.29 is 14.3 Å². The first-order chi connectivity index (χ1) is 12.8. The molecule has 1 aliphatic heterocycles. The minimum absolute atomic E-state index is 0.230. The van der Waals surface area contributed by atoms with Crippen LogP contribution in [0.15, 0.2) is 60.0 Å². The van der Waals surface area contributed by atoms with Crippen molar-refractivity contribution in [2.75, 3.05) is 18.5 Å². The fraction of sp³-hybridized carbons (Fsp3) is 0.158. The van der Waals surface area contributed by atoms with E-state index in [0.717, 1.165) is 17.0 Å². The number of amides is 2. The molecule has 2 heterocycles. The maximum absolute atomic E-state index is 12.1. The van der Waals surface area contributed by atoms with E-state index in [9.17, 15) is 4.79 Å². The highest BCUT2D eigenvalue weighted by molar-refractivity contribution is 7.14. The van der Waals surface area contributed by atoms with Crippen LogP contribution in [0.3, 0.4) is 0 Å². The first-order valence-corrected chi connectivity index (χ1v) is 9.10. The molecule has 0 radical (unpaired) electrons. The number of rotatable bonds is 4. The number of carbonyl (C=O) groups is 1. The van der Waals surface area contributed by atoms with E-state index in [4.69, 9.17) is 9.47 Å². The molecule has 1 unspecified atom stereocenters. The fourth-order valence-electron chi connectivity index (χ4n) is 2.58. The third-order valence-electron chi connectivity index (χ3n) is 3.85. The van der Waals surface area contributed by atoms with Gasteiger partial charge in [-0.15, -0.1) is 11.3 Å². The smallest absolute Gasteiger partial charge is 0.321 e. The number of anilines is 1. The van der Waals surface area contributed by atoms with E-state index in [1.807, 2.05) is 60.0 Å². The first kappa shape index (κ1) is 16.4. The van der Waals surface area contributed by atoms with Crippen molar-refractivity contribution >= 4 is 22.5 Å². The Morgan fingerprint density at radius 2 is 1.88 bits per heavy atom. The number of benzene rings is 2. The van der Waals surface area contributed by atoms with Crippen molar-refractivity contribution in [3.05, 3.63) is 60.0 Å². The summed E-state index contributed by atoms with van der Waals surface area (Å²) in [4.78, 5) is 16.5. The molecule has 0 saturated carbocycles. The van der Waals surface area contributed by atoms with Crippen LogP contribution in [0.5, 0.6) is 11.5 Å². The molecule has 0 bridgehead atoms. The molecule has 4 rings (SSSR count). The van der Waals surface area contributed by atoms with Crippen LogP contribution in [-0.4, -0.2) is 30.3 Å². The van der Waals surface area contributed by atoms with Crippen LogP contribution < -0.4 is 20.1 Å². The van der Waals surface area contributed by atoms with Gasteiger partial charge in [-0.05, 0) is 12.1 Å². The average molecular weight is 367 g/mol. The molecule has 1 aliphatic rings. The van der Waals surface area contributed by atoms with Crippen LogP contribution in [0.1, 0.15) is 0 Å². The quantitative estimate of drug-likeness (QED) is 0.736. The number of aromatic nitrogens is 1. The van der Waals surface area contributed by atoms with Crippen molar-refractivity contribution in [3.63, 3.8) is 0 Å². The molecular formula is C19H17N3O3S. The highest BCUT2D eigenvalue weighted by atomic mass is 32.1. The van der Waals surface area contributed by atoms with Gasteiger partial charge in [0.15, 0.2) is 22.7 Å². The predicted octanol–water partition coefficient (Wildman–Crippen LogP) is 3.77. The number of nitrogens with zero attached hydrogens (tertiary/aromatic N) is 1. The summed E-state index contributed by atoms with van der Waals surface area (Å²) in [6.07, 6.45) is -0.230. The molecule has 1 aromatic heterocycles. The predicted molar refractivity (Wildman–Crippen MR) is 101 cm³/mol. The molecule has 26 heavy (non-hydrogen) atoms. The summed E-state index contributed by atoms with van der Waals surface area (Å²) in [7, 11) is 0. The third kappa shape index (κ3) is 3.78. The summed E-state index contributed by atoms with van der Waals surface area (Å²) < 4.78 is 11.4. The molecule has 7 heteroatoms. The number of urea groups is 1. The Hall–Kier alpha value is -3.06. The summed E-state index contributed by atoms with van der Waals surface area (Å²) in [6.45, 7) is 0.740. The van der Waals surface area contributed by atoms with Gasteiger partial charge in [0, 0.05) is 10.9 Å². The van der Waals surface area contributed by atoms with Gasteiger partial charge in [-0.2, -0.15) is 0 Å². The van der Waals surface area contributed by atoms with Gasteiger partial charge in [-0.1, -0.05) is 42.5 Å².